The molecule has 4 heteroatoms. The van der Waals surface area contributed by atoms with Crippen LogP contribution in [0, 0.1) is 11.3 Å². The predicted octanol–water partition coefficient (Wildman–Crippen LogP) is 3.50. The van der Waals surface area contributed by atoms with E-state index in [1.54, 1.807) is 0 Å². The number of nitrogens with one attached hydrogen (secondary N) is 1. The molecule has 0 heterocycles. The molecule has 0 fully saturated rings. The molecule has 0 spiro atoms. The number of hydrogen-bond donors (Lipinski definition) is 2. The van der Waals surface area contributed by atoms with Gasteiger partial charge in [0.1, 0.15) is 0 Å². The van der Waals surface area contributed by atoms with Gasteiger partial charge in [-0.25, -0.2) is 0 Å². The SMILES string of the molecule is CCCN(CCC)C(CCCNC(C)C#N)C(CN)c1ccccc1. The Morgan fingerprint density at radius 2 is 1.80 bits per heavy atom. The van der Waals surface area contributed by atoms with Gasteiger partial charge in [-0.3, -0.25) is 4.90 Å². The van der Waals surface area contributed by atoms with Gasteiger partial charge in [0.15, 0.2) is 0 Å². The standard InChI is InChI=1S/C21H36N4/c1-4-14-25(15-5-2)21(12-9-13-24-18(3)16-22)20(17-23)19-10-7-6-8-11-19/h6-8,10-11,18,20-21,24H,4-5,9,12-15,17,23H2,1-3H3. The molecule has 0 amide bonds. The quantitative estimate of drug-likeness (QED) is 0.538. The van der Waals surface area contributed by atoms with Crippen molar-refractivity contribution in [2.24, 2.45) is 5.73 Å². The highest BCUT2D eigenvalue weighted by Gasteiger charge is 2.26. The summed E-state index contributed by atoms with van der Waals surface area (Å²) in [4.78, 5) is 2.62. The summed E-state index contributed by atoms with van der Waals surface area (Å²) in [7, 11) is 0. The minimum Gasteiger partial charge on any atom is -0.330 e. The zero-order valence-corrected chi connectivity index (χ0v) is 16.2. The molecular formula is C21H36N4. The van der Waals surface area contributed by atoms with Crippen LogP contribution in [0.2, 0.25) is 0 Å². The van der Waals surface area contributed by atoms with Crippen molar-refractivity contribution in [2.75, 3.05) is 26.2 Å². The largest absolute Gasteiger partial charge is 0.330 e. The molecule has 0 aliphatic heterocycles. The van der Waals surface area contributed by atoms with Crippen molar-refractivity contribution in [3.8, 4) is 6.07 Å². The van der Waals surface area contributed by atoms with Crippen molar-refractivity contribution in [1.29, 1.82) is 5.26 Å². The minimum absolute atomic E-state index is 0.0831. The molecule has 25 heavy (non-hydrogen) atoms. The Bertz CT molecular complexity index is 476. The second-order valence-electron chi connectivity index (χ2n) is 6.80. The lowest BCUT2D eigenvalue weighted by molar-refractivity contribution is 0.159. The average Bonchev–Trinajstić information content (AvgIpc) is 2.64. The summed E-state index contributed by atoms with van der Waals surface area (Å²) in [6, 6.07) is 13.3. The summed E-state index contributed by atoms with van der Waals surface area (Å²) in [5.74, 6) is 0.354. The van der Waals surface area contributed by atoms with Crippen LogP contribution >= 0.6 is 0 Å². The summed E-state index contributed by atoms with van der Waals surface area (Å²) in [5, 5.41) is 12.2. The van der Waals surface area contributed by atoms with E-state index >= 15 is 0 Å². The van der Waals surface area contributed by atoms with Crippen LogP contribution in [0.15, 0.2) is 30.3 Å². The van der Waals surface area contributed by atoms with Gasteiger partial charge in [0.25, 0.3) is 0 Å². The Morgan fingerprint density at radius 3 is 2.32 bits per heavy atom. The zero-order valence-electron chi connectivity index (χ0n) is 16.2. The number of hydrogen-bond acceptors (Lipinski definition) is 4. The zero-order chi connectivity index (χ0) is 18.5. The van der Waals surface area contributed by atoms with Crippen LogP contribution in [-0.4, -0.2) is 43.2 Å². The number of nitrogens with two attached hydrogens (primary N) is 1. The molecule has 0 saturated heterocycles. The maximum absolute atomic E-state index is 8.91. The van der Waals surface area contributed by atoms with E-state index < -0.39 is 0 Å². The third-order valence-electron chi connectivity index (χ3n) is 4.76. The topological polar surface area (TPSA) is 65.1 Å². The first-order valence-corrected chi connectivity index (χ1v) is 9.79. The van der Waals surface area contributed by atoms with E-state index in [0.717, 1.165) is 45.3 Å². The summed E-state index contributed by atoms with van der Waals surface area (Å²) in [6.07, 6.45) is 4.48. The molecule has 3 atom stereocenters. The first-order valence-electron chi connectivity index (χ1n) is 9.79. The Kier molecular flexibility index (Phi) is 11.1. The van der Waals surface area contributed by atoms with Gasteiger partial charge in [0.2, 0.25) is 0 Å². The van der Waals surface area contributed by atoms with E-state index in [-0.39, 0.29) is 6.04 Å². The lowest BCUT2D eigenvalue weighted by Crippen LogP contribution is -2.43. The van der Waals surface area contributed by atoms with Gasteiger partial charge in [-0.15, -0.1) is 0 Å². The van der Waals surface area contributed by atoms with Crippen molar-refractivity contribution in [1.82, 2.24) is 10.2 Å². The fraction of sp³-hybridized carbons (Fsp3) is 0.667. The van der Waals surface area contributed by atoms with Gasteiger partial charge in [-0.05, 0) is 57.8 Å². The minimum atomic E-state index is -0.0831. The fourth-order valence-corrected chi connectivity index (χ4v) is 3.55. The van der Waals surface area contributed by atoms with E-state index in [4.69, 9.17) is 11.0 Å². The second-order valence-corrected chi connectivity index (χ2v) is 6.80. The smallest absolute Gasteiger partial charge is 0.0924 e. The molecule has 0 bridgehead atoms. The second kappa shape index (κ2) is 12.9. The maximum atomic E-state index is 8.91. The Labute approximate surface area is 154 Å². The molecule has 0 aliphatic rings. The van der Waals surface area contributed by atoms with Gasteiger partial charge in [-0.2, -0.15) is 5.26 Å². The molecule has 0 aromatic heterocycles. The van der Waals surface area contributed by atoms with Crippen LogP contribution in [0.4, 0.5) is 0 Å². The predicted molar refractivity (Wildman–Crippen MR) is 106 cm³/mol. The van der Waals surface area contributed by atoms with Gasteiger partial charge in [0, 0.05) is 18.5 Å². The maximum Gasteiger partial charge on any atom is 0.0924 e. The highest BCUT2D eigenvalue weighted by molar-refractivity contribution is 5.22. The van der Waals surface area contributed by atoms with Crippen molar-refractivity contribution in [3.63, 3.8) is 0 Å². The average molecular weight is 345 g/mol. The van der Waals surface area contributed by atoms with Crippen LogP contribution in [0.3, 0.4) is 0 Å². The van der Waals surface area contributed by atoms with Crippen molar-refractivity contribution < 1.29 is 0 Å². The molecule has 140 valence electrons. The van der Waals surface area contributed by atoms with Gasteiger partial charge < -0.3 is 11.1 Å². The Balaban J connectivity index is 2.86. The molecule has 3 N–H and O–H groups in total. The normalized spacial score (nSPS) is 14.9. The van der Waals surface area contributed by atoms with Crippen LogP contribution in [0.5, 0.6) is 0 Å². The Morgan fingerprint density at radius 1 is 1.16 bits per heavy atom. The molecule has 3 unspecified atom stereocenters. The summed E-state index contributed by atoms with van der Waals surface area (Å²) < 4.78 is 0. The first kappa shape index (κ1) is 21.6. The van der Waals surface area contributed by atoms with E-state index in [0.29, 0.717) is 18.5 Å². The molecule has 0 radical (unpaired) electrons. The summed E-state index contributed by atoms with van der Waals surface area (Å²) in [5.41, 5.74) is 7.56. The van der Waals surface area contributed by atoms with Crippen molar-refractivity contribution in [2.45, 2.75) is 64.5 Å². The summed E-state index contributed by atoms with van der Waals surface area (Å²) >= 11 is 0. The molecule has 1 aromatic carbocycles. The number of benzene rings is 1. The number of rotatable bonds is 13. The lowest BCUT2D eigenvalue weighted by Gasteiger charge is -2.37. The monoisotopic (exact) mass is 344 g/mol. The van der Waals surface area contributed by atoms with Crippen molar-refractivity contribution in [3.05, 3.63) is 35.9 Å². The van der Waals surface area contributed by atoms with E-state index in [1.165, 1.54) is 5.56 Å². The van der Waals surface area contributed by atoms with Crippen LogP contribution in [-0.2, 0) is 0 Å². The Hall–Kier alpha value is -1.41. The molecule has 1 aromatic rings. The summed E-state index contributed by atoms with van der Waals surface area (Å²) in [6.45, 7) is 10.2. The molecule has 4 nitrogen and oxygen atoms in total. The van der Waals surface area contributed by atoms with E-state index in [1.807, 2.05) is 6.92 Å². The molecule has 0 saturated carbocycles. The highest BCUT2D eigenvalue weighted by atomic mass is 15.2. The molecule has 1 rings (SSSR count). The van der Waals surface area contributed by atoms with Crippen LogP contribution in [0.1, 0.15) is 57.9 Å². The first-order chi connectivity index (χ1) is 12.2. The lowest BCUT2D eigenvalue weighted by atomic mass is 9.87. The van der Waals surface area contributed by atoms with E-state index in [9.17, 15) is 0 Å². The van der Waals surface area contributed by atoms with Crippen LogP contribution < -0.4 is 11.1 Å². The third kappa shape index (κ3) is 7.56. The number of nitriles is 1. The fourth-order valence-electron chi connectivity index (χ4n) is 3.55. The van der Waals surface area contributed by atoms with Gasteiger partial charge >= 0.3 is 0 Å². The van der Waals surface area contributed by atoms with Crippen LogP contribution in [0.25, 0.3) is 0 Å². The van der Waals surface area contributed by atoms with Gasteiger partial charge in [-0.1, -0.05) is 44.2 Å². The van der Waals surface area contributed by atoms with Gasteiger partial charge in [0.05, 0.1) is 12.1 Å². The molecule has 0 aliphatic carbocycles. The highest BCUT2D eigenvalue weighted by Crippen LogP contribution is 2.26. The van der Waals surface area contributed by atoms with E-state index in [2.05, 4.69) is 60.5 Å². The van der Waals surface area contributed by atoms with Crippen molar-refractivity contribution >= 4 is 0 Å². The third-order valence-corrected chi connectivity index (χ3v) is 4.76. The molecular weight excluding hydrogens is 308 g/mol. The number of nitrogens with zero attached hydrogens (tertiary/aromatic N) is 2.